The molecule has 2 aromatic carbocycles. The van der Waals surface area contributed by atoms with E-state index in [0.717, 1.165) is 22.4 Å². The molecule has 0 saturated carbocycles. The van der Waals surface area contributed by atoms with Gasteiger partial charge in [-0.3, -0.25) is 9.59 Å². The molecule has 7 heteroatoms. The summed E-state index contributed by atoms with van der Waals surface area (Å²) in [5.41, 5.74) is 9.68. The van der Waals surface area contributed by atoms with Crippen LogP contribution in [0.4, 0.5) is 9.59 Å². The van der Waals surface area contributed by atoms with E-state index in [4.69, 9.17) is 0 Å². The summed E-state index contributed by atoms with van der Waals surface area (Å²) < 4.78 is 0. The van der Waals surface area contributed by atoms with E-state index in [-0.39, 0.29) is 23.0 Å². The standard InChI is InChI=1S/C30H42BN2O2Si2/c1-18(2)22-14-23(19(3)4)16-24(15-22)25-13-11-12-21-17-26(20(5)6)28(27(21)25)32-29(34)36(7,8)31-33-30(35)37(31,9)10/h11-20H,1-10H3,(H,32,34)(H,33,35). The van der Waals surface area contributed by atoms with E-state index in [1.165, 1.54) is 22.3 Å². The third-order valence-corrected chi connectivity index (χ3v) is 18.4. The number of hydrogen-bond acceptors (Lipinski definition) is 2. The summed E-state index contributed by atoms with van der Waals surface area (Å²) in [6.45, 7) is 21.7. The Labute approximate surface area is 225 Å². The average Bonchev–Trinajstić information content (AvgIpc) is 3.20. The molecule has 2 amide bonds. The zero-order valence-corrected chi connectivity index (χ0v) is 26.2. The lowest BCUT2D eigenvalue weighted by molar-refractivity contribution is 0.261. The SMILES string of the molecule is CC(C)C1=C(NC(=O)[Si](C)(C)B2NC(=O)[Si]2(C)C)c2c(cccc2-c2cc(C(C)C)cc(C(C)C)c2)[CH]1. The van der Waals surface area contributed by atoms with Gasteiger partial charge in [0.1, 0.15) is 15.9 Å². The topological polar surface area (TPSA) is 58.2 Å². The summed E-state index contributed by atoms with van der Waals surface area (Å²) in [4.78, 5) is 26.2. The lowest BCUT2D eigenvalue weighted by atomic mass is 9.88. The van der Waals surface area contributed by atoms with Crippen LogP contribution in [-0.4, -0.2) is 33.0 Å². The fourth-order valence-electron chi connectivity index (χ4n) is 5.72. The summed E-state index contributed by atoms with van der Waals surface area (Å²) in [5, 5.41) is 6.54. The Morgan fingerprint density at radius 2 is 1.54 bits per heavy atom. The van der Waals surface area contributed by atoms with E-state index >= 15 is 0 Å². The fraction of sp³-hybridized carbons (Fsp3) is 0.433. The maximum Gasteiger partial charge on any atom is 0.254 e. The van der Waals surface area contributed by atoms with Gasteiger partial charge in [-0.2, -0.15) is 0 Å². The Bertz CT molecular complexity index is 1270. The van der Waals surface area contributed by atoms with Gasteiger partial charge < -0.3 is 10.5 Å². The number of allylic oxidation sites excluding steroid dienone is 1. The van der Waals surface area contributed by atoms with Gasteiger partial charge in [0.05, 0.1) is 0 Å². The molecule has 0 spiro atoms. The molecular weight excluding hydrogens is 487 g/mol. The Morgan fingerprint density at radius 1 is 0.946 bits per heavy atom. The number of carbonyl (C=O) groups is 2. The number of fused-ring (bicyclic) bond motifs is 1. The largest absolute Gasteiger partial charge is 0.408 e. The molecule has 2 N–H and O–H groups in total. The van der Waals surface area contributed by atoms with Crippen LogP contribution in [0.1, 0.15) is 75.6 Å². The Hall–Kier alpha value is -2.38. The van der Waals surface area contributed by atoms with E-state index in [0.29, 0.717) is 11.8 Å². The lowest BCUT2D eigenvalue weighted by Gasteiger charge is -2.46. The van der Waals surface area contributed by atoms with Crippen molar-refractivity contribution in [2.75, 3.05) is 0 Å². The van der Waals surface area contributed by atoms with Gasteiger partial charge in [0.15, 0.2) is 11.1 Å². The minimum atomic E-state index is -2.47. The van der Waals surface area contributed by atoms with Crippen LogP contribution in [0.5, 0.6) is 0 Å². The third-order valence-electron chi connectivity index (χ3n) is 8.32. The van der Waals surface area contributed by atoms with Crippen LogP contribution in [-0.2, 0) is 0 Å². The van der Waals surface area contributed by atoms with Crippen LogP contribution in [0.3, 0.4) is 0 Å². The molecule has 0 aromatic heterocycles. The van der Waals surface area contributed by atoms with Gasteiger partial charge in [0.2, 0.25) is 0 Å². The van der Waals surface area contributed by atoms with Crippen LogP contribution >= 0.6 is 0 Å². The van der Waals surface area contributed by atoms with Gasteiger partial charge in [0, 0.05) is 17.7 Å². The number of hydrogen-bond donors (Lipinski definition) is 2. The lowest BCUT2D eigenvalue weighted by Crippen LogP contribution is -2.87. The molecule has 1 aliphatic heterocycles. The highest BCUT2D eigenvalue weighted by atomic mass is 28.4. The van der Waals surface area contributed by atoms with Crippen molar-refractivity contribution in [1.29, 1.82) is 0 Å². The highest BCUT2D eigenvalue weighted by Gasteiger charge is 2.63. The van der Waals surface area contributed by atoms with Crippen LogP contribution in [0.25, 0.3) is 16.8 Å². The molecule has 1 radical (unpaired) electrons. The average molecular weight is 530 g/mol. The van der Waals surface area contributed by atoms with Crippen molar-refractivity contribution in [2.45, 2.75) is 79.6 Å². The number of nitrogens with one attached hydrogen (secondary N) is 2. The second-order valence-corrected chi connectivity index (χ2v) is 22.4. The molecule has 4 rings (SSSR count). The first-order valence-corrected chi connectivity index (χ1v) is 19.8. The molecule has 2 aliphatic rings. The van der Waals surface area contributed by atoms with E-state index in [1.54, 1.807) is 0 Å². The molecule has 37 heavy (non-hydrogen) atoms. The number of benzene rings is 2. The normalized spacial score (nSPS) is 16.9. The molecule has 1 aliphatic carbocycles. The van der Waals surface area contributed by atoms with Gasteiger partial charge in [-0.1, -0.05) is 104 Å². The van der Waals surface area contributed by atoms with Crippen LogP contribution in [0, 0.1) is 12.3 Å². The highest BCUT2D eigenvalue weighted by molar-refractivity contribution is 7.75. The van der Waals surface area contributed by atoms with Crippen molar-refractivity contribution in [1.82, 2.24) is 10.5 Å². The minimum Gasteiger partial charge on any atom is -0.408 e. The predicted octanol–water partition coefficient (Wildman–Crippen LogP) is 7.69. The molecule has 1 heterocycles. The van der Waals surface area contributed by atoms with E-state index in [2.05, 4.69) is 121 Å². The fourth-order valence-corrected chi connectivity index (χ4v) is 16.1. The smallest absolute Gasteiger partial charge is 0.254 e. The summed E-state index contributed by atoms with van der Waals surface area (Å²) in [7, 11) is -4.59. The molecule has 1 saturated heterocycles. The second kappa shape index (κ2) is 9.73. The van der Waals surface area contributed by atoms with E-state index in [9.17, 15) is 9.59 Å². The summed E-state index contributed by atoms with van der Waals surface area (Å²) in [5.74, 6) is 1.13. The third kappa shape index (κ3) is 4.81. The quantitative estimate of drug-likeness (QED) is 0.361. The highest BCUT2D eigenvalue weighted by Crippen LogP contribution is 2.43. The molecule has 0 atom stereocenters. The van der Waals surface area contributed by atoms with Crippen LogP contribution in [0.2, 0.25) is 26.2 Å². The summed E-state index contributed by atoms with van der Waals surface area (Å²) >= 11 is 0. The molecule has 4 nitrogen and oxygen atoms in total. The molecule has 1 fully saturated rings. The molecule has 195 valence electrons. The predicted molar refractivity (Wildman–Crippen MR) is 163 cm³/mol. The molecular formula is C30H42BN2O2Si2. The van der Waals surface area contributed by atoms with E-state index in [1.807, 2.05) is 0 Å². The van der Waals surface area contributed by atoms with Crippen molar-refractivity contribution >= 4 is 38.7 Å². The van der Waals surface area contributed by atoms with E-state index < -0.39 is 15.9 Å². The zero-order chi connectivity index (χ0) is 27.4. The van der Waals surface area contributed by atoms with Crippen LogP contribution < -0.4 is 10.5 Å². The second-order valence-electron chi connectivity index (χ2n) is 12.9. The number of rotatable bonds is 7. The maximum atomic E-state index is 13.9. The number of carbonyl (C=O) groups excluding carboxylic acids is 2. The Balaban J connectivity index is 1.81. The van der Waals surface area contributed by atoms with Gasteiger partial charge >= 0.3 is 0 Å². The summed E-state index contributed by atoms with van der Waals surface area (Å²) in [6, 6.07) is 13.5. The Morgan fingerprint density at radius 3 is 2.03 bits per heavy atom. The van der Waals surface area contributed by atoms with Gasteiger partial charge in [-0.05, 0) is 51.1 Å². The molecule has 2 aromatic rings. The van der Waals surface area contributed by atoms with Crippen molar-refractivity contribution < 1.29 is 9.59 Å². The Kier molecular flexibility index (Phi) is 7.27. The monoisotopic (exact) mass is 529 g/mol. The van der Waals surface area contributed by atoms with Crippen molar-refractivity contribution in [3.63, 3.8) is 0 Å². The molecule has 0 unspecified atom stereocenters. The zero-order valence-electron chi connectivity index (χ0n) is 24.2. The first kappa shape index (κ1) is 27.6. The first-order chi connectivity index (χ1) is 17.2. The first-order valence-electron chi connectivity index (χ1n) is 13.7. The molecule has 0 bridgehead atoms. The van der Waals surface area contributed by atoms with Gasteiger partial charge in [0.25, 0.3) is 6.03 Å². The number of amides is 2. The van der Waals surface area contributed by atoms with Crippen LogP contribution in [0.15, 0.2) is 42.0 Å². The van der Waals surface area contributed by atoms with Crippen molar-refractivity contribution in [2.24, 2.45) is 5.92 Å². The minimum absolute atomic E-state index is 0.0482. The van der Waals surface area contributed by atoms with Gasteiger partial charge in [-0.25, -0.2) is 0 Å². The van der Waals surface area contributed by atoms with Crippen molar-refractivity contribution in [3.05, 3.63) is 70.6 Å². The van der Waals surface area contributed by atoms with Crippen molar-refractivity contribution in [3.8, 4) is 11.1 Å². The maximum absolute atomic E-state index is 13.9. The summed E-state index contributed by atoms with van der Waals surface area (Å²) in [6.07, 6.45) is 2.24. The van der Waals surface area contributed by atoms with Gasteiger partial charge in [-0.15, -0.1) is 0 Å².